The quantitative estimate of drug-likeness (QED) is 0.182. The smallest absolute Gasteiger partial charge is 0.295 e. The molecule has 7 heteroatoms. The van der Waals surface area contributed by atoms with Crippen molar-refractivity contribution in [1.29, 1.82) is 0 Å². The molecule has 1 amide bonds. The Bertz CT molecular complexity index is 1030. The predicted octanol–water partition coefficient (Wildman–Crippen LogP) is 4.11. The SMILES string of the molecule is C=CCOc1ccc(C(O)=C2C(=O)C(=O)N(CCCOC)[C@@H]2c2cccc(OCC)c2)cc1. The minimum atomic E-state index is -0.737. The van der Waals surface area contributed by atoms with E-state index in [1.165, 1.54) is 4.90 Å². The Morgan fingerprint density at radius 2 is 1.88 bits per heavy atom. The van der Waals surface area contributed by atoms with Gasteiger partial charge in [0.05, 0.1) is 18.2 Å². The van der Waals surface area contributed by atoms with Gasteiger partial charge in [-0.1, -0.05) is 24.8 Å². The topological polar surface area (TPSA) is 85.3 Å². The van der Waals surface area contributed by atoms with Crippen LogP contribution in [-0.2, 0) is 14.3 Å². The van der Waals surface area contributed by atoms with Gasteiger partial charge >= 0.3 is 0 Å². The number of methoxy groups -OCH3 is 1. The second kappa shape index (κ2) is 11.3. The average Bonchev–Trinajstić information content (AvgIpc) is 3.08. The zero-order valence-electron chi connectivity index (χ0n) is 19.0. The number of hydrogen-bond donors (Lipinski definition) is 1. The second-order valence-electron chi connectivity index (χ2n) is 7.47. The molecule has 33 heavy (non-hydrogen) atoms. The van der Waals surface area contributed by atoms with Crippen molar-refractivity contribution >= 4 is 17.4 Å². The lowest BCUT2D eigenvalue weighted by Crippen LogP contribution is -2.31. The van der Waals surface area contributed by atoms with E-state index in [2.05, 4.69) is 6.58 Å². The number of rotatable bonds is 11. The normalized spacial score (nSPS) is 17.3. The molecule has 2 aromatic carbocycles. The largest absolute Gasteiger partial charge is 0.507 e. The van der Waals surface area contributed by atoms with Crippen LogP contribution in [0.25, 0.3) is 5.76 Å². The number of aliphatic hydroxyl groups is 1. The monoisotopic (exact) mass is 451 g/mol. The molecule has 1 saturated heterocycles. The summed E-state index contributed by atoms with van der Waals surface area (Å²) in [4.78, 5) is 27.5. The van der Waals surface area contributed by atoms with Gasteiger partial charge < -0.3 is 24.2 Å². The van der Waals surface area contributed by atoms with Crippen LogP contribution in [0.15, 0.2) is 66.8 Å². The number of ketones is 1. The summed E-state index contributed by atoms with van der Waals surface area (Å²) in [6, 6.07) is 13.2. The van der Waals surface area contributed by atoms with Crippen molar-refractivity contribution in [1.82, 2.24) is 4.90 Å². The minimum Gasteiger partial charge on any atom is -0.507 e. The molecular weight excluding hydrogens is 422 g/mol. The molecule has 2 aromatic rings. The van der Waals surface area contributed by atoms with E-state index in [1.54, 1.807) is 49.6 Å². The van der Waals surface area contributed by atoms with Gasteiger partial charge in [0.15, 0.2) is 0 Å². The van der Waals surface area contributed by atoms with Crippen molar-refractivity contribution in [3.63, 3.8) is 0 Å². The molecule has 1 N–H and O–H groups in total. The molecule has 0 bridgehead atoms. The van der Waals surface area contributed by atoms with Gasteiger partial charge in [-0.05, 0) is 55.3 Å². The summed E-state index contributed by atoms with van der Waals surface area (Å²) in [5.41, 5.74) is 1.15. The first-order valence-corrected chi connectivity index (χ1v) is 10.9. The molecule has 1 aliphatic rings. The van der Waals surface area contributed by atoms with Gasteiger partial charge in [-0.2, -0.15) is 0 Å². The molecule has 3 rings (SSSR count). The lowest BCUT2D eigenvalue weighted by Gasteiger charge is -2.25. The van der Waals surface area contributed by atoms with Gasteiger partial charge in [-0.25, -0.2) is 0 Å². The van der Waals surface area contributed by atoms with E-state index in [4.69, 9.17) is 14.2 Å². The summed E-state index contributed by atoms with van der Waals surface area (Å²) in [6.07, 6.45) is 2.19. The van der Waals surface area contributed by atoms with Crippen molar-refractivity contribution in [2.75, 3.05) is 33.5 Å². The van der Waals surface area contributed by atoms with Crippen LogP contribution in [0.2, 0.25) is 0 Å². The van der Waals surface area contributed by atoms with Crippen molar-refractivity contribution in [3.05, 3.63) is 77.9 Å². The molecular formula is C26H29NO6. The summed E-state index contributed by atoms with van der Waals surface area (Å²) in [5, 5.41) is 11.1. The van der Waals surface area contributed by atoms with Crippen LogP contribution in [0.4, 0.5) is 0 Å². The predicted molar refractivity (Wildman–Crippen MR) is 125 cm³/mol. The van der Waals surface area contributed by atoms with Crippen molar-refractivity contribution in [2.45, 2.75) is 19.4 Å². The van der Waals surface area contributed by atoms with E-state index in [0.29, 0.717) is 55.4 Å². The number of likely N-dealkylation sites (tertiary alicyclic amines) is 1. The molecule has 0 aliphatic carbocycles. The lowest BCUT2D eigenvalue weighted by atomic mass is 9.95. The fraction of sp³-hybridized carbons (Fsp3) is 0.308. The highest BCUT2D eigenvalue weighted by Gasteiger charge is 2.45. The molecule has 0 aromatic heterocycles. The standard InChI is InChI=1S/C26H29NO6/c1-4-15-33-20-12-10-18(11-13-20)24(28)22-23(19-8-6-9-21(17-19)32-5-2)27(14-7-16-31-3)26(30)25(22)29/h4,6,8-13,17,23,28H,1,5,7,14-16H2,2-3H3/t23-/m1/s1. The minimum absolute atomic E-state index is 0.0471. The third kappa shape index (κ3) is 5.43. The first-order valence-electron chi connectivity index (χ1n) is 10.9. The molecule has 1 fully saturated rings. The van der Waals surface area contributed by atoms with Crippen LogP contribution < -0.4 is 9.47 Å². The van der Waals surface area contributed by atoms with Gasteiger partial charge in [0.1, 0.15) is 23.9 Å². The fourth-order valence-corrected chi connectivity index (χ4v) is 3.80. The van der Waals surface area contributed by atoms with Crippen molar-refractivity contribution < 1.29 is 28.9 Å². The van der Waals surface area contributed by atoms with Gasteiger partial charge in [0.2, 0.25) is 0 Å². The maximum absolute atomic E-state index is 13.1. The number of benzene rings is 2. The summed E-state index contributed by atoms with van der Waals surface area (Å²) in [7, 11) is 1.58. The van der Waals surface area contributed by atoms with E-state index >= 15 is 0 Å². The first kappa shape index (κ1) is 24.1. The average molecular weight is 452 g/mol. The molecule has 1 aliphatic heterocycles. The molecule has 7 nitrogen and oxygen atoms in total. The fourth-order valence-electron chi connectivity index (χ4n) is 3.80. The second-order valence-corrected chi connectivity index (χ2v) is 7.47. The van der Waals surface area contributed by atoms with E-state index in [0.717, 1.165) is 0 Å². The number of carbonyl (C=O) groups excluding carboxylic acids is 2. The third-order valence-corrected chi connectivity index (χ3v) is 5.27. The molecule has 0 unspecified atom stereocenters. The Morgan fingerprint density at radius 1 is 1.12 bits per heavy atom. The Labute approximate surface area is 193 Å². The van der Waals surface area contributed by atoms with Crippen LogP contribution in [0.1, 0.15) is 30.5 Å². The number of aliphatic hydroxyl groups excluding tert-OH is 1. The molecule has 0 spiro atoms. The number of amides is 1. The van der Waals surface area contributed by atoms with Gasteiger partial charge in [-0.15, -0.1) is 0 Å². The molecule has 1 heterocycles. The molecule has 0 saturated carbocycles. The number of Topliss-reactive ketones (excluding diaryl/α,β-unsaturated/α-hetero) is 1. The maximum atomic E-state index is 13.1. The van der Waals surface area contributed by atoms with E-state index in [1.807, 2.05) is 19.1 Å². The van der Waals surface area contributed by atoms with Gasteiger partial charge in [0.25, 0.3) is 11.7 Å². The number of hydrogen-bond acceptors (Lipinski definition) is 6. The highest BCUT2D eigenvalue weighted by Crippen LogP contribution is 2.40. The summed E-state index contributed by atoms with van der Waals surface area (Å²) >= 11 is 0. The van der Waals surface area contributed by atoms with Crippen LogP contribution >= 0.6 is 0 Å². The van der Waals surface area contributed by atoms with Crippen LogP contribution in [0, 0.1) is 0 Å². The molecule has 174 valence electrons. The highest BCUT2D eigenvalue weighted by atomic mass is 16.5. The number of nitrogens with zero attached hydrogens (tertiary/aromatic N) is 1. The first-order chi connectivity index (χ1) is 16.0. The highest BCUT2D eigenvalue weighted by molar-refractivity contribution is 6.46. The summed E-state index contributed by atoms with van der Waals surface area (Å²) < 4.78 is 16.2. The van der Waals surface area contributed by atoms with Crippen molar-refractivity contribution in [3.8, 4) is 11.5 Å². The number of carbonyl (C=O) groups is 2. The van der Waals surface area contributed by atoms with Gasteiger partial charge in [-0.3, -0.25) is 9.59 Å². The molecule has 1 atom stereocenters. The Balaban J connectivity index is 2.05. The summed E-state index contributed by atoms with van der Waals surface area (Å²) in [5.74, 6) is -0.368. The number of ether oxygens (including phenoxy) is 3. The van der Waals surface area contributed by atoms with Crippen molar-refractivity contribution in [2.24, 2.45) is 0 Å². The van der Waals surface area contributed by atoms with Crippen LogP contribution in [0.3, 0.4) is 0 Å². The Hall–Kier alpha value is -3.58. The Morgan fingerprint density at radius 3 is 2.55 bits per heavy atom. The van der Waals surface area contributed by atoms with E-state index in [-0.39, 0.29) is 11.3 Å². The van der Waals surface area contributed by atoms with Crippen LogP contribution in [-0.4, -0.2) is 55.2 Å². The maximum Gasteiger partial charge on any atom is 0.295 e. The van der Waals surface area contributed by atoms with Gasteiger partial charge in [0, 0.05) is 25.8 Å². The zero-order chi connectivity index (χ0) is 23.8. The zero-order valence-corrected chi connectivity index (χ0v) is 19.0. The van der Waals surface area contributed by atoms with E-state index < -0.39 is 17.7 Å². The van der Waals surface area contributed by atoms with E-state index in [9.17, 15) is 14.7 Å². The Kier molecular flexibility index (Phi) is 8.27. The third-order valence-electron chi connectivity index (χ3n) is 5.27. The van der Waals surface area contributed by atoms with Crippen LogP contribution in [0.5, 0.6) is 11.5 Å². The molecule has 0 radical (unpaired) electrons. The summed E-state index contributed by atoms with van der Waals surface area (Å²) in [6.45, 7) is 7.09. The lowest BCUT2D eigenvalue weighted by molar-refractivity contribution is -0.140.